The van der Waals surface area contributed by atoms with Crippen LogP contribution >= 0.6 is 23.2 Å². The summed E-state index contributed by atoms with van der Waals surface area (Å²) >= 11 is 11.8. The van der Waals surface area contributed by atoms with Crippen LogP contribution in [0.4, 0.5) is 4.79 Å². The molecule has 2 aliphatic rings. The molecular weight excluding hydrogens is 367 g/mol. The molecule has 3 atom stereocenters. The number of urea groups is 1. The van der Waals surface area contributed by atoms with Crippen molar-refractivity contribution in [2.24, 2.45) is 16.7 Å². The summed E-state index contributed by atoms with van der Waals surface area (Å²) in [6.45, 7) is 5.36. The lowest BCUT2D eigenvalue weighted by Crippen LogP contribution is -2.48. The summed E-state index contributed by atoms with van der Waals surface area (Å²) in [6, 6.07) is -0.562. The number of allylic oxidation sites excluding steroid dienone is 1. The highest BCUT2D eigenvalue weighted by atomic mass is 35.5. The van der Waals surface area contributed by atoms with E-state index in [1.807, 2.05) is 13.8 Å². The van der Waals surface area contributed by atoms with Crippen LogP contribution in [0.2, 0.25) is 0 Å². The Morgan fingerprint density at radius 2 is 2.04 bits per heavy atom. The molecule has 0 aromatic rings. The van der Waals surface area contributed by atoms with Gasteiger partial charge in [0.05, 0.1) is 5.92 Å². The van der Waals surface area contributed by atoms with E-state index in [0.29, 0.717) is 6.42 Å². The van der Waals surface area contributed by atoms with Crippen LogP contribution in [-0.2, 0) is 14.3 Å². The van der Waals surface area contributed by atoms with Crippen molar-refractivity contribution in [3.63, 3.8) is 0 Å². The minimum Gasteiger partial charge on any atom is -0.452 e. The molecule has 2 rings (SSSR count). The first kappa shape index (κ1) is 19.6. The van der Waals surface area contributed by atoms with Gasteiger partial charge >= 0.3 is 12.0 Å². The number of carbonyl (C=O) groups excluding carboxylic acids is 3. The largest absolute Gasteiger partial charge is 0.452 e. The molecule has 6 nitrogen and oxygen atoms in total. The fourth-order valence-electron chi connectivity index (χ4n) is 3.96. The van der Waals surface area contributed by atoms with E-state index in [2.05, 4.69) is 16.6 Å². The van der Waals surface area contributed by atoms with E-state index >= 15 is 0 Å². The van der Waals surface area contributed by atoms with Crippen LogP contribution in [0.3, 0.4) is 0 Å². The molecule has 0 aromatic carbocycles. The normalized spacial score (nSPS) is 32.2. The van der Waals surface area contributed by atoms with Crippen molar-refractivity contribution >= 4 is 41.1 Å². The highest BCUT2D eigenvalue weighted by Gasteiger charge is 2.76. The Kier molecular flexibility index (Phi) is 5.13. The maximum absolute atomic E-state index is 12.5. The minimum atomic E-state index is -1.14. The number of terminal acetylenes is 1. The van der Waals surface area contributed by atoms with E-state index in [4.69, 9.17) is 34.4 Å². The molecule has 1 aliphatic heterocycles. The van der Waals surface area contributed by atoms with Crippen molar-refractivity contribution in [2.75, 3.05) is 6.61 Å². The van der Waals surface area contributed by atoms with Gasteiger partial charge in [-0.25, -0.2) is 4.79 Å². The average Bonchev–Trinajstić information content (AvgIpc) is 2.79. The Labute approximate surface area is 156 Å². The first-order valence-electron chi connectivity index (χ1n) is 7.84. The number of esters is 1. The van der Waals surface area contributed by atoms with Gasteiger partial charge in [0.15, 0.2) is 6.61 Å². The third-order valence-electron chi connectivity index (χ3n) is 5.47. The molecule has 8 heteroatoms. The van der Waals surface area contributed by atoms with Crippen LogP contribution < -0.4 is 10.6 Å². The zero-order valence-electron chi connectivity index (χ0n) is 14.2. The van der Waals surface area contributed by atoms with E-state index in [0.717, 1.165) is 0 Å². The fraction of sp³-hybridized carbons (Fsp3) is 0.588. The Balaban J connectivity index is 2.42. The summed E-state index contributed by atoms with van der Waals surface area (Å²) in [4.78, 5) is 36.5. The summed E-state index contributed by atoms with van der Waals surface area (Å²) in [6.07, 6.45) is 7.22. The SMILES string of the molecule is C#CCOC(=O)C1C(C)(C)C1(C=C(Cl)Cl)CC1(CC)NC(=O)NC1=O. The van der Waals surface area contributed by atoms with Gasteiger partial charge in [-0.2, -0.15) is 0 Å². The highest BCUT2D eigenvalue weighted by Crippen LogP contribution is 2.73. The zero-order valence-corrected chi connectivity index (χ0v) is 15.8. The van der Waals surface area contributed by atoms with Gasteiger partial charge in [0.1, 0.15) is 10.0 Å². The molecular formula is C17H20Cl2N2O4. The molecule has 0 bridgehead atoms. The molecule has 25 heavy (non-hydrogen) atoms. The second-order valence-corrected chi connectivity index (χ2v) is 7.97. The maximum Gasteiger partial charge on any atom is 0.322 e. The molecule has 3 amide bonds. The quantitative estimate of drug-likeness (QED) is 0.417. The summed E-state index contributed by atoms with van der Waals surface area (Å²) in [5, 5.41) is 4.93. The van der Waals surface area contributed by atoms with Gasteiger partial charge in [0.2, 0.25) is 0 Å². The predicted molar refractivity (Wildman–Crippen MR) is 93.6 cm³/mol. The molecule has 0 spiro atoms. The summed E-state index contributed by atoms with van der Waals surface area (Å²) in [5.41, 5.74) is -2.57. The molecule has 1 heterocycles. The summed E-state index contributed by atoms with van der Waals surface area (Å²) in [5.74, 6) is 0.746. The van der Waals surface area contributed by atoms with Crippen molar-refractivity contribution < 1.29 is 19.1 Å². The number of hydrogen-bond acceptors (Lipinski definition) is 4. The number of nitrogens with one attached hydrogen (secondary N) is 2. The van der Waals surface area contributed by atoms with Crippen LogP contribution in [0.25, 0.3) is 0 Å². The Bertz CT molecular complexity index is 693. The van der Waals surface area contributed by atoms with E-state index < -0.39 is 40.2 Å². The van der Waals surface area contributed by atoms with Gasteiger partial charge in [-0.05, 0) is 24.3 Å². The lowest BCUT2D eigenvalue weighted by molar-refractivity contribution is -0.145. The third kappa shape index (κ3) is 3.11. The molecule has 3 unspecified atom stereocenters. The van der Waals surface area contributed by atoms with Crippen molar-refractivity contribution in [1.29, 1.82) is 0 Å². The van der Waals surface area contributed by atoms with Crippen LogP contribution in [-0.4, -0.2) is 30.1 Å². The third-order valence-corrected chi connectivity index (χ3v) is 5.68. The van der Waals surface area contributed by atoms with Crippen LogP contribution in [0.1, 0.15) is 33.6 Å². The number of ether oxygens (including phenoxy) is 1. The number of rotatable bonds is 6. The van der Waals surface area contributed by atoms with Crippen LogP contribution in [0.15, 0.2) is 10.6 Å². The maximum atomic E-state index is 12.5. The molecule has 2 N–H and O–H groups in total. The Morgan fingerprint density at radius 1 is 1.40 bits per heavy atom. The van der Waals surface area contributed by atoms with E-state index in [1.165, 1.54) is 0 Å². The summed E-state index contributed by atoms with van der Waals surface area (Å²) < 4.78 is 5.07. The van der Waals surface area contributed by atoms with Crippen LogP contribution in [0.5, 0.6) is 0 Å². The van der Waals surface area contributed by atoms with Crippen molar-refractivity contribution in [1.82, 2.24) is 10.6 Å². The number of carbonyl (C=O) groups is 3. The molecule has 1 saturated heterocycles. The zero-order chi connectivity index (χ0) is 19.0. The van der Waals surface area contributed by atoms with Crippen molar-refractivity contribution in [3.05, 3.63) is 10.6 Å². The number of amides is 3. The predicted octanol–water partition coefficient (Wildman–Crippen LogP) is 2.50. The topological polar surface area (TPSA) is 84.5 Å². The smallest absolute Gasteiger partial charge is 0.322 e. The molecule has 0 aromatic heterocycles. The Morgan fingerprint density at radius 3 is 2.48 bits per heavy atom. The van der Waals surface area contributed by atoms with Crippen molar-refractivity contribution in [3.8, 4) is 12.3 Å². The lowest BCUT2D eigenvalue weighted by atomic mass is 9.79. The first-order valence-corrected chi connectivity index (χ1v) is 8.59. The van der Waals surface area contributed by atoms with E-state index in [1.54, 1.807) is 13.0 Å². The van der Waals surface area contributed by atoms with E-state index in [9.17, 15) is 14.4 Å². The molecule has 2 fully saturated rings. The lowest BCUT2D eigenvalue weighted by Gasteiger charge is -2.30. The van der Waals surface area contributed by atoms with Gasteiger partial charge in [0.25, 0.3) is 5.91 Å². The summed E-state index contributed by atoms with van der Waals surface area (Å²) in [7, 11) is 0. The average molecular weight is 387 g/mol. The minimum absolute atomic E-state index is 0.0173. The fourth-order valence-corrected chi connectivity index (χ4v) is 4.35. The number of hydrogen-bond donors (Lipinski definition) is 2. The monoisotopic (exact) mass is 386 g/mol. The first-order chi connectivity index (χ1) is 11.6. The van der Waals surface area contributed by atoms with Gasteiger partial charge in [-0.1, -0.05) is 49.9 Å². The Hall–Kier alpha value is -1.71. The van der Waals surface area contributed by atoms with Gasteiger partial charge in [-0.3, -0.25) is 14.9 Å². The molecule has 136 valence electrons. The molecule has 1 aliphatic carbocycles. The second-order valence-electron chi connectivity index (χ2n) is 6.96. The molecule has 0 radical (unpaired) electrons. The van der Waals surface area contributed by atoms with Crippen LogP contribution in [0, 0.1) is 29.1 Å². The highest BCUT2D eigenvalue weighted by molar-refractivity contribution is 6.55. The van der Waals surface area contributed by atoms with E-state index in [-0.39, 0.29) is 17.5 Å². The second kappa shape index (κ2) is 6.54. The standard InChI is InChI=1S/C17H20Cl2N2O4/c1-5-7-25-12(22)11-15(3,4)16(11,8-10(18)19)9-17(6-2)13(23)20-14(24)21-17/h1,8,11H,6-7,9H2,2-4H3,(H2,20,21,23,24). The van der Waals surface area contributed by atoms with Gasteiger partial charge in [0, 0.05) is 5.41 Å². The number of halogens is 2. The van der Waals surface area contributed by atoms with Gasteiger partial charge in [-0.15, -0.1) is 6.42 Å². The van der Waals surface area contributed by atoms with Crippen molar-refractivity contribution in [2.45, 2.75) is 39.2 Å². The van der Waals surface area contributed by atoms with Gasteiger partial charge < -0.3 is 10.1 Å². The number of imide groups is 1. The molecule has 1 saturated carbocycles.